The summed E-state index contributed by atoms with van der Waals surface area (Å²) in [6.45, 7) is 3.15. The lowest BCUT2D eigenvalue weighted by Gasteiger charge is -2.06. The third-order valence-electron chi connectivity index (χ3n) is 4.54. The van der Waals surface area contributed by atoms with Crippen LogP contribution in [-0.4, -0.2) is 25.5 Å². The largest absolute Gasteiger partial charge is 0.305 e. The molecule has 0 saturated carbocycles. The molecule has 1 N–H and O–H groups in total. The number of carbonyl (C=O) groups is 1. The Morgan fingerprint density at radius 2 is 1.83 bits per heavy atom. The predicted molar refractivity (Wildman–Crippen MR) is 113 cm³/mol. The van der Waals surface area contributed by atoms with Crippen LogP contribution in [-0.2, 0) is 13.1 Å². The Morgan fingerprint density at radius 3 is 2.59 bits per heavy atom. The van der Waals surface area contributed by atoms with Crippen molar-refractivity contribution in [1.29, 1.82) is 0 Å². The molecule has 1 amide bonds. The molecule has 6 nitrogen and oxygen atoms in total. The molecule has 0 aliphatic heterocycles. The number of carbonyl (C=O) groups excluding carboxylic acids is 1. The summed E-state index contributed by atoms with van der Waals surface area (Å²) >= 11 is 6.06. The van der Waals surface area contributed by atoms with Crippen molar-refractivity contribution in [2.24, 2.45) is 0 Å². The van der Waals surface area contributed by atoms with Gasteiger partial charge in [0.05, 0.1) is 13.1 Å². The Labute approximate surface area is 173 Å². The molecule has 0 aliphatic rings. The number of aryl methyl sites for hydroxylation is 1. The van der Waals surface area contributed by atoms with Crippen molar-refractivity contribution in [3.63, 3.8) is 0 Å². The molecular weight excluding hydrogens is 386 g/mol. The van der Waals surface area contributed by atoms with Crippen LogP contribution in [0.15, 0.2) is 73.1 Å². The van der Waals surface area contributed by atoms with Gasteiger partial charge in [-0.05, 0) is 48.4 Å². The first-order valence-corrected chi connectivity index (χ1v) is 9.61. The summed E-state index contributed by atoms with van der Waals surface area (Å²) in [6, 6.07) is 18.9. The van der Waals surface area contributed by atoms with E-state index in [0.29, 0.717) is 29.5 Å². The minimum absolute atomic E-state index is 0.195. The van der Waals surface area contributed by atoms with Gasteiger partial charge >= 0.3 is 0 Å². The molecule has 0 radical (unpaired) electrons. The fourth-order valence-corrected chi connectivity index (χ4v) is 3.33. The van der Waals surface area contributed by atoms with Crippen LogP contribution in [0.4, 0.5) is 5.82 Å². The predicted octanol–water partition coefficient (Wildman–Crippen LogP) is 4.39. The van der Waals surface area contributed by atoms with Gasteiger partial charge < -0.3 is 5.32 Å². The molecule has 0 unspecified atom stereocenters. The number of nitrogens with zero attached hydrogens (tertiary/aromatic N) is 4. The smallest absolute Gasteiger partial charge is 0.256 e. The van der Waals surface area contributed by atoms with Crippen LogP contribution in [0.3, 0.4) is 0 Å². The topological polar surface area (TPSA) is 64.7 Å². The minimum Gasteiger partial charge on any atom is -0.305 e. The van der Waals surface area contributed by atoms with Gasteiger partial charge in [0.15, 0.2) is 5.82 Å². The summed E-state index contributed by atoms with van der Waals surface area (Å²) in [5, 5.41) is 12.3. The standard InChI is InChI=1S/C22H20ClN5O/c1-16-11-21(26-28(16)15-18-6-3-8-20(23)13-18)25-22(29)19-7-2-5-17(12-19)14-27-10-4-9-24-27/h2-13H,14-15H2,1H3,(H,25,26,29). The van der Waals surface area contributed by atoms with E-state index in [2.05, 4.69) is 15.5 Å². The molecule has 0 spiro atoms. The average Bonchev–Trinajstić information content (AvgIpc) is 3.32. The molecule has 146 valence electrons. The van der Waals surface area contributed by atoms with Crippen molar-refractivity contribution < 1.29 is 4.79 Å². The summed E-state index contributed by atoms with van der Waals surface area (Å²) in [6.07, 6.45) is 3.63. The van der Waals surface area contributed by atoms with Crippen LogP contribution >= 0.6 is 11.6 Å². The molecule has 4 rings (SSSR count). The van der Waals surface area contributed by atoms with Crippen LogP contribution < -0.4 is 5.32 Å². The first-order chi connectivity index (χ1) is 14.1. The molecule has 0 atom stereocenters. The van der Waals surface area contributed by atoms with E-state index in [4.69, 9.17) is 11.6 Å². The van der Waals surface area contributed by atoms with E-state index in [1.165, 1.54) is 0 Å². The second kappa shape index (κ2) is 8.32. The van der Waals surface area contributed by atoms with Crippen LogP contribution in [0, 0.1) is 6.92 Å². The summed E-state index contributed by atoms with van der Waals surface area (Å²) in [4.78, 5) is 12.7. The Bertz CT molecular complexity index is 1130. The number of hydrogen-bond acceptors (Lipinski definition) is 3. The Kier molecular flexibility index (Phi) is 5.44. The number of nitrogens with one attached hydrogen (secondary N) is 1. The number of hydrogen-bond donors (Lipinski definition) is 1. The summed E-state index contributed by atoms with van der Waals surface area (Å²) < 4.78 is 3.66. The quantitative estimate of drug-likeness (QED) is 0.517. The Balaban J connectivity index is 1.46. The van der Waals surface area contributed by atoms with Crippen LogP contribution in [0.5, 0.6) is 0 Å². The van der Waals surface area contributed by atoms with Crippen molar-refractivity contribution in [3.05, 3.63) is 100 Å². The highest BCUT2D eigenvalue weighted by Crippen LogP contribution is 2.16. The highest BCUT2D eigenvalue weighted by atomic mass is 35.5. The molecule has 7 heteroatoms. The molecule has 0 fully saturated rings. The molecule has 2 aromatic heterocycles. The molecule has 0 bridgehead atoms. The lowest BCUT2D eigenvalue weighted by molar-refractivity contribution is 0.102. The van der Waals surface area contributed by atoms with Gasteiger partial charge in [-0.25, -0.2) is 0 Å². The Hall–Kier alpha value is -3.38. The average molecular weight is 406 g/mol. The molecule has 0 saturated heterocycles. The van der Waals surface area contributed by atoms with Crippen molar-refractivity contribution in [3.8, 4) is 0 Å². The third-order valence-corrected chi connectivity index (χ3v) is 4.77. The lowest BCUT2D eigenvalue weighted by atomic mass is 10.1. The maximum absolute atomic E-state index is 12.7. The van der Waals surface area contributed by atoms with Gasteiger partial charge in [0, 0.05) is 34.7 Å². The van der Waals surface area contributed by atoms with Gasteiger partial charge in [-0.3, -0.25) is 14.2 Å². The summed E-state index contributed by atoms with van der Waals surface area (Å²) in [5.41, 5.74) is 3.58. The SMILES string of the molecule is Cc1cc(NC(=O)c2cccc(Cn3cccn3)c2)nn1Cc1cccc(Cl)c1. The zero-order valence-electron chi connectivity index (χ0n) is 15.9. The van der Waals surface area contributed by atoms with E-state index in [0.717, 1.165) is 16.8 Å². The van der Waals surface area contributed by atoms with E-state index in [9.17, 15) is 4.79 Å². The fraction of sp³-hybridized carbons (Fsp3) is 0.136. The van der Waals surface area contributed by atoms with E-state index >= 15 is 0 Å². The monoisotopic (exact) mass is 405 g/mol. The number of amides is 1. The number of rotatable bonds is 6. The third kappa shape index (κ3) is 4.73. The first kappa shape index (κ1) is 19.0. The van der Waals surface area contributed by atoms with E-state index in [-0.39, 0.29) is 5.91 Å². The van der Waals surface area contributed by atoms with Gasteiger partial charge in [0.1, 0.15) is 0 Å². The maximum atomic E-state index is 12.7. The minimum atomic E-state index is -0.195. The van der Waals surface area contributed by atoms with Crippen molar-refractivity contribution >= 4 is 23.3 Å². The molecule has 4 aromatic rings. The van der Waals surface area contributed by atoms with Crippen LogP contribution in [0.1, 0.15) is 27.2 Å². The zero-order valence-corrected chi connectivity index (χ0v) is 16.7. The van der Waals surface area contributed by atoms with Crippen molar-refractivity contribution in [2.75, 3.05) is 5.32 Å². The van der Waals surface area contributed by atoms with Gasteiger partial charge in [0.25, 0.3) is 5.91 Å². The maximum Gasteiger partial charge on any atom is 0.256 e. The van der Waals surface area contributed by atoms with Crippen LogP contribution in [0.25, 0.3) is 0 Å². The van der Waals surface area contributed by atoms with Gasteiger partial charge in [-0.15, -0.1) is 0 Å². The number of anilines is 1. The molecule has 2 aromatic carbocycles. The molecular formula is C22H20ClN5O. The lowest BCUT2D eigenvalue weighted by Crippen LogP contribution is -2.13. The summed E-state index contributed by atoms with van der Waals surface area (Å²) in [5.74, 6) is 0.326. The normalized spacial score (nSPS) is 10.8. The van der Waals surface area contributed by atoms with Crippen molar-refractivity contribution in [2.45, 2.75) is 20.0 Å². The summed E-state index contributed by atoms with van der Waals surface area (Å²) in [7, 11) is 0. The van der Waals surface area contributed by atoms with E-state index < -0.39 is 0 Å². The van der Waals surface area contributed by atoms with Gasteiger partial charge in [-0.2, -0.15) is 10.2 Å². The fourth-order valence-electron chi connectivity index (χ4n) is 3.12. The second-order valence-corrected chi connectivity index (χ2v) is 7.25. The Morgan fingerprint density at radius 1 is 1.03 bits per heavy atom. The van der Waals surface area contributed by atoms with E-state index in [1.54, 1.807) is 12.3 Å². The highest BCUT2D eigenvalue weighted by Gasteiger charge is 2.11. The molecule has 2 heterocycles. The van der Waals surface area contributed by atoms with Gasteiger partial charge in [-0.1, -0.05) is 35.9 Å². The first-order valence-electron chi connectivity index (χ1n) is 9.23. The van der Waals surface area contributed by atoms with Crippen LogP contribution in [0.2, 0.25) is 5.02 Å². The number of benzene rings is 2. The highest BCUT2D eigenvalue weighted by molar-refractivity contribution is 6.30. The number of aromatic nitrogens is 4. The van der Waals surface area contributed by atoms with E-state index in [1.807, 2.05) is 77.1 Å². The van der Waals surface area contributed by atoms with Crippen molar-refractivity contribution in [1.82, 2.24) is 19.6 Å². The zero-order chi connectivity index (χ0) is 20.2. The molecule has 29 heavy (non-hydrogen) atoms. The second-order valence-electron chi connectivity index (χ2n) is 6.82. The van der Waals surface area contributed by atoms with Gasteiger partial charge in [0.2, 0.25) is 0 Å². The number of halogens is 1. The molecule has 0 aliphatic carbocycles.